The largest absolute Gasteiger partial charge is 0.386 e. The number of para-hydroxylation sites is 3. The number of aromatic nitrogens is 2. The summed E-state index contributed by atoms with van der Waals surface area (Å²) in [7, 11) is 0. The molecule has 0 spiro atoms. The summed E-state index contributed by atoms with van der Waals surface area (Å²) in [6, 6.07) is 62.6. The quantitative estimate of drug-likeness (QED) is 0.171. The van der Waals surface area contributed by atoms with Crippen LogP contribution in [0, 0.1) is 5.92 Å². The van der Waals surface area contributed by atoms with Crippen LogP contribution in [0.3, 0.4) is 0 Å². The van der Waals surface area contributed by atoms with Crippen molar-refractivity contribution in [3.63, 3.8) is 0 Å². The van der Waals surface area contributed by atoms with E-state index < -0.39 is 0 Å². The fraction of sp³-hybridized carbons (Fsp3) is 0.102. The third-order valence-electron chi connectivity index (χ3n) is 11.2. The maximum atomic E-state index is 3.76. The van der Waals surface area contributed by atoms with Crippen LogP contribution in [0.25, 0.3) is 71.6 Å². The Kier molecular flexibility index (Phi) is 7.31. The number of nitrogens with one attached hydrogen (secondary N) is 1. The van der Waals surface area contributed by atoms with Crippen molar-refractivity contribution in [2.45, 2.75) is 25.4 Å². The zero-order valence-corrected chi connectivity index (χ0v) is 29.2. The Labute approximate surface area is 304 Å². The van der Waals surface area contributed by atoms with Crippen molar-refractivity contribution in [2.75, 3.05) is 0 Å². The van der Waals surface area contributed by atoms with Crippen LogP contribution < -0.4 is 5.32 Å². The van der Waals surface area contributed by atoms with E-state index in [0.29, 0.717) is 18.0 Å². The summed E-state index contributed by atoms with van der Waals surface area (Å²) >= 11 is 0. The lowest BCUT2D eigenvalue weighted by Gasteiger charge is -2.09. The molecule has 0 radical (unpaired) electrons. The Morgan fingerprint density at radius 2 is 1.02 bits per heavy atom. The van der Waals surface area contributed by atoms with Crippen LogP contribution in [-0.4, -0.2) is 15.2 Å². The van der Waals surface area contributed by atoms with Gasteiger partial charge in [-0.2, -0.15) is 0 Å². The normalized spacial score (nSPS) is 17.1. The van der Waals surface area contributed by atoms with E-state index in [1.54, 1.807) is 0 Å². The molecular weight excluding hydrogens is 631 g/mol. The van der Waals surface area contributed by atoms with Gasteiger partial charge in [0.15, 0.2) is 0 Å². The van der Waals surface area contributed by atoms with Gasteiger partial charge in [-0.05, 0) is 89.0 Å². The van der Waals surface area contributed by atoms with Crippen LogP contribution in [0.5, 0.6) is 0 Å². The molecule has 3 heteroatoms. The highest BCUT2D eigenvalue weighted by atomic mass is 15.2. The molecule has 0 bridgehead atoms. The van der Waals surface area contributed by atoms with E-state index in [9.17, 15) is 0 Å². The van der Waals surface area contributed by atoms with Crippen LogP contribution in [0.4, 0.5) is 0 Å². The second kappa shape index (κ2) is 12.5. The zero-order valence-electron chi connectivity index (χ0n) is 29.2. The number of hydrogen-bond donors (Lipinski definition) is 1. The smallest absolute Gasteiger partial charge is 0.0592 e. The molecule has 3 nitrogen and oxygen atoms in total. The number of allylic oxidation sites excluding steroid dienone is 1. The minimum Gasteiger partial charge on any atom is -0.386 e. The van der Waals surface area contributed by atoms with Gasteiger partial charge in [-0.3, -0.25) is 0 Å². The fourth-order valence-electron chi connectivity index (χ4n) is 8.44. The molecule has 0 aliphatic heterocycles. The predicted octanol–water partition coefficient (Wildman–Crippen LogP) is 12.1. The standard InChI is InChI=1S/C49H39N3/c1-33-48(50-30-12-13-34-22-24-36(25-23-34)35-14-4-2-5-15-35)49(33)52-45-21-11-9-19-41(45)43-32-38(27-29-47(43)52)37-26-28-46-42(31-37)40-18-8-10-20-44(40)51(46)39-16-6-3-7-17-39/h2-12,14-33,48-50H,13H2,1H3/b30-12-/t33?,48-,49?/m1/s1. The number of nitrogens with zero attached hydrogens (tertiary/aromatic N) is 2. The highest BCUT2D eigenvalue weighted by Crippen LogP contribution is 2.48. The molecule has 2 heterocycles. The first-order valence-corrected chi connectivity index (χ1v) is 18.4. The second-order valence-corrected chi connectivity index (χ2v) is 14.3. The molecule has 3 atom stereocenters. The van der Waals surface area contributed by atoms with Crippen molar-refractivity contribution < 1.29 is 0 Å². The Morgan fingerprint density at radius 3 is 1.75 bits per heavy atom. The Morgan fingerprint density at radius 1 is 0.500 bits per heavy atom. The second-order valence-electron chi connectivity index (χ2n) is 14.3. The van der Waals surface area contributed by atoms with Crippen LogP contribution in [0.15, 0.2) is 182 Å². The molecule has 7 aromatic carbocycles. The van der Waals surface area contributed by atoms with Crippen molar-refractivity contribution in [2.24, 2.45) is 5.92 Å². The summed E-state index contributed by atoms with van der Waals surface area (Å²) in [5.41, 5.74) is 12.6. The van der Waals surface area contributed by atoms with E-state index in [1.165, 1.54) is 77.1 Å². The van der Waals surface area contributed by atoms with Gasteiger partial charge in [0.25, 0.3) is 0 Å². The van der Waals surface area contributed by atoms with Gasteiger partial charge in [0.05, 0.1) is 23.1 Å². The summed E-state index contributed by atoms with van der Waals surface area (Å²) in [5.74, 6) is 0.526. The Balaban J connectivity index is 0.938. The first-order valence-electron chi connectivity index (χ1n) is 18.4. The van der Waals surface area contributed by atoms with E-state index in [2.05, 4.69) is 204 Å². The van der Waals surface area contributed by atoms with Crippen LogP contribution in [0.2, 0.25) is 0 Å². The molecule has 52 heavy (non-hydrogen) atoms. The minimum absolute atomic E-state index is 0.389. The Bertz CT molecular complexity index is 2750. The zero-order chi connectivity index (χ0) is 34.6. The molecule has 1 fully saturated rings. The fourth-order valence-corrected chi connectivity index (χ4v) is 8.44. The summed E-state index contributed by atoms with van der Waals surface area (Å²) in [6.07, 6.45) is 5.33. The van der Waals surface area contributed by atoms with Crippen LogP contribution in [0.1, 0.15) is 18.5 Å². The number of hydrogen-bond acceptors (Lipinski definition) is 1. The van der Waals surface area contributed by atoms with Gasteiger partial charge < -0.3 is 14.5 Å². The van der Waals surface area contributed by atoms with Gasteiger partial charge in [0, 0.05) is 44.2 Å². The van der Waals surface area contributed by atoms with Crippen molar-refractivity contribution in [3.8, 4) is 27.9 Å². The van der Waals surface area contributed by atoms with Crippen molar-refractivity contribution in [1.82, 2.24) is 14.5 Å². The molecule has 1 N–H and O–H groups in total. The highest BCUT2D eigenvalue weighted by molar-refractivity contribution is 6.12. The maximum Gasteiger partial charge on any atom is 0.0592 e. The molecule has 250 valence electrons. The minimum atomic E-state index is 0.389. The molecular formula is C49H39N3. The Hall–Kier alpha value is -6.32. The summed E-state index contributed by atoms with van der Waals surface area (Å²) < 4.78 is 4.97. The van der Waals surface area contributed by atoms with E-state index >= 15 is 0 Å². The van der Waals surface area contributed by atoms with E-state index in [-0.39, 0.29) is 0 Å². The average molecular weight is 670 g/mol. The lowest BCUT2D eigenvalue weighted by atomic mass is 10.0. The van der Waals surface area contributed by atoms with Crippen LogP contribution >= 0.6 is 0 Å². The van der Waals surface area contributed by atoms with Gasteiger partial charge >= 0.3 is 0 Å². The SMILES string of the molecule is CC1C(n2c3ccccc3c3cc(-c4ccc5c(c4)c4ccccc4n5-c4ccccc4)ccc32)[C@@H]1N/C=C\Cc1ccc(-c2ccccc2)cc1. The van der Waals surface area contributed by atoms with Gasteiger partial charge in [-0.15, -0.1) is 0 Å². The molecule has 0 saturated heterocycles. The predicted molar refractivity (Wildman–Crippen MR) is 219 cm³/mol. The van der Waals surface area contributed by atoms with E-state index in [4.69, 9.17) is 0 Å². The van der Waals surface area contributed by atoms with Crippen molar-refractivity contribution >= 4 is 43.6 Å². The average Bonchev–Trinajstić information content (AvgIpc) is 3.55. The number of fused-ring (bicyclic) bond motifs is 6. The first-order chi connectivity index (χ1) is 25.7. The van der Waals surface area contributed by atoms with E-state index in [1.807, 2.05) is 0 Å². The topological polar surface area (TPSA) is 21.9 Å². The maximum absolute atomic E-state index is 3.76. The lowest BCUT2D eigenvalue weighted by molar-refractivity contribution is 0.709. The van der Waals surface area contributed by atoms with Gasteiger partial charge in [-0.1, -0.05) is 134 Å². The van der Waals surface area contributed by atoms with E-state index in [0.717, 1.165) is 6.42 Å². The highest BCUT2D eigenvalue weighted by Gasteiger charge is 2.48. The summed E-state index contributed by atoms with van der Waals surface area (Å²) in [5, 5.41) is 8.94. The monoisotopic (exact) mass is 669 g/mol. The molecule has 1 aliphatic rings. The first kappa shape index (κ1) is 30.5. The molecule has 2 unspecified atom stereocenters. The molecule has 10 rings (SSSR count). The third-order valence-corrected chi connectivity index (χ3v) is 11.2. The number of benzene rings is 7. The summed E-state index contributed by atoms with van der Waals surface area (Å²) in [6.45, 7) is 2.37. The van der Waals surface area contributed by atoms with Crippen molar-refractivity contribution in [1.29, 1.82) is 0 Å². The molecule has 9 aromatic rings. The molecule has 0 amide bonds. The number of rotatable bonds is 8. The van der Waals surface area contributed by atoms with Gasteiger partial charge in [-0.25, -0.2) is 0 Å². The third kappa shape index (κ3) is 5.12. The summed E-state index contributed by atoms with van der Waals surface area (Å²) in [4.78, 5) is 0. The van der Waals surface area contributed by atoms with Gasteiger partial charge in [0.1, 0.15) is 0 Å². The van der Waals surface area contributed by atoms with Crippen molar-refractivity contribution in [3.05, 3.63) is 188 Å². The van der Waals surface area contributed by atoms with Crippen LogP contribution in [-0.2, 0) is 6.42 Å². The molecule has 1 aliphatic carbocycles. The molecule has 1 saturated carbocycles. The van der Waals surface area contributed by atoms with Gasteiger partial charge in [0.2, 0.25) is 0 Å². The molecule has 2 aromatic heterocycles. The lowest BCUT2D eigenvalue weighted by Crippen LogP contribution is -2.13.